The zero-order valence-electron chi connectivity index (χ0n) is 15.2. The number of benzene rings is 1. The Kier molecular flexibility index (Phi) is 4.34. The lowest BCUT2D eigenvalue weighted by Gasteiger charge is -2.29. The van der Waals surface area contributed by atoms with Crippen LogP contribution in [0.1, 0.15) is 25.8 Å². The first kappa shape index (κ1) is 17.3. The van der Waals surface area contributed by atoms with Gasteiger partial charge < -0.3 is 9.80 Å². The van der Waals surface area contributed by atoms with Crippen molar-refractivity contribution in [3.05, 3.63) is 42.1 Å². The summed E-state index contributed by atoms with van der Waals surface area (Å²) >= 11 is 0. The lowest BCUT2D eigenvalue weighted by atomic mass is 10.1. The van der Waals surface area contributed by atoms with Gasteiger partial charge in [-0.2, -0.15) is 4.98 Å². The fourth-order valence-corrected chi connectivity index (χ4v) is 5.84. The minimum absolute atomic E-state index is 0.00367. The summed E-state index contributed by atoms with van der Waals surface area (Å²) in [7, 11) is -2.93. The molecule has 4 rings (SSSR count). The quantitative estimate of drug-likeness (QED) is 0.822. The SMILES string of the molecule is CCN(c1ccnc(N2c3ccccc3CC2C)n1)C1CCS(=O)(=O)C1. The average molecular weight is 372 g/mol. The molecule has 7 heteroatoms. The highest BCUT2D eigenvalue weighted by atomic mass is 32.2. The molecule has 2 aliphatic heterocycles. The maximum absolute atomic E-state index is 11.9. The molecular formula is C19H24N4O2S. The van der Waals surface area contributed by atoms with E-state index in [1.54, 1.807) is 6.20 Å². The second-order valence-corrected chi connectivity index (χ2v) is 9.34. The Labute approximate surface area is 154 Å². The van der Waals surface area contributed by atoms with E-state index in [2.05, 4.69) is 39.9 Å². The number of hydrogen-bond donors (Lipinski definition) is 0. The topological polar surface area (TPSA) is 66.4 Å². The molecule has 1 aromatic heterocycles. The summed E-state index contributed by atoms with van der Waals surface area (Å²) in [6, 6.07) is 10.5. The Morgan fingerprint density at radius 1 is 1.27 bits per heavy atom. The molecule has 0 N–H and O–H groups in total. The summed E-state index contributed by atoms with van der Waals surface area (Å²) in [5.74, 6) is 1.96. The monoisotopic (exact) mass is 372 g/mol. The van der Waals surface area contributed by atoms with E-state index in [4.69, 9.17) is 4.98 Å². The summed E-state index contributed by atoms with van der Waals surface area (Å²) in [5.41, 5.74) is 2.46. The third-order valence-corrected chi connectivity index (χ3v) is 7.09. The summed E-state index contributed by atoms with van der Waals surface area (Å²) in [6.45, 7) is 4.94. The predicted molar refractivity (Wildman–Crippen MR) is 104 cm³/mol. The lowest BCUT2D eigenvalue weighted by Crippen LogP contribution is -2.37. The summed E-state index contributed by atoms with van der Waals surface area (Å²) in [4.78, 5) is 13.6. The van der Waals surface area contributed by atoms with Crippen LogP contribution in [-0.2, 0) is 16.3 Å². The van der Waals surface area contributed by atoms with E-state index in [1.807, 2.05) is 19.1 Å². The Bertz CT molecular complexity index is 915. The minimum atomic E-state index is -2.93. The van der Waals surface area contributed by atoms with Gasteiger partial charge in [0, 0.05) is 30.5 Å². The molecule has 26 heavy (non-hydrogen) atoms. The molecule has 3 heterocycles. The zero-order chi connectivity index (χ0) is 18.3. The van der Waals surface area contributed by atoms with E-state index in [0.29, 0.717) is 18.4 Å². The van der Waals surface area contributed by atoms with Crippen molar-refractivity contribution in [3.8, 4) is 0 Å². The van der Waals surface area contributed by atoms with Crippen molar-refractivity contribution >= 4 is 27.3 Å². The Balaban J connectivity index is 1.67. The fourth-order valence-electron chi connectivity index (χ4n) is 4.11. The van der Waals surface area contributed by atoms with Gasteiger partial charge in [-0.05, 0) is 44.4 Å². The highest BCUT2D eigenvalue weighted by Crippen LogP contribution is 2.37. The number of sulfone groups is 1. The molecule has 1 aromatic carbocycles. The Morgan fingerprint density at radius 2 is 2.08 bits per heavy atom. The molecule has 2 aromatic rings. The van der Waals surface area contributed by atoms with Crippen LogP contribution in [0.4, 0.5) is 17.5 Å². The maximum Gasteiger partial charge on any atom is 0.232 e. The fraction of sp³-hybridized carbons (Fsp3) is 0.474. The van der Waals surface area contributed by atoms with Crippen molar-refractivity contribution in [1.29, 1.82) is 0 Å². The molecule has 138 valence electrons. The number of anilines is 3. The third-order valence-electron chi connectivity index (χ3n) is 5.34. The van der Waals surface area contributed by atoms with Crippen LogP contribution < -0.4 is 9.80 Å². The third kappa shape index (κ3) is 3.05. The van der Waals surface area contributed by atoms with Crippen LogP contribution in [0.25, 0.3) is 0 Å². The molecule has 6 nitrogen and oxygen atoms in total. The van der Waals surface area contributed by atoms with Crippen molar-refractivity contribution in [2.24, 2.45) is 0 Å². The largest absolute Gasteiger partial charge is 0.353 e. The van der Waals surface area contributed by atoms with E-state index < -0.39 is 9.84 Å². The molecule has 0 spiro atoms. The van der Waals surface area contributed by atoms with E-state index in [-0.39, 0.29) is 17.5 Å². The predicted octanol–water partition coefficient (Wildman–Crippen LogP) is 2.57. The van der Waals surface area contributed by atoms with Crippen molar-refractivity contribution in [2.75, 3.05) is 27.9 Å². The molecule has 0 aliphatic carbocycles. The molecule has 0 saturated carbocycles. The van der Waals surface area contributed by atoms with Gasteiger partial charge in [-0.3, -0.25) is 0 Å². The normalized spacial score (nSPS) is 23.8. The zero-order valence-corrected chi connectivity index (χ0v) is 16.0. The second kappa shape index (κ2) is 6.54. The number of aromatic nitrogens is 2. The molecule has 1 saturated heterocycles. The molecule has 2 aliphatic rings. The maximum atomic E-state index is 11.9. The van der Waals surface area contributed by atoms with Gasteiger partial charge in [0.25, 0.3) is 0 Å². The lowest BCUT2D eigenvalue weighted by molar-refractivity contribution is 0.599. The first-order valence-electron chi connectivity index (χ1n) is 9.16. The number of rotatable bonds is 4. The van der Waals surface area contributed by atoms with Gasteiger partial charge in [0.1, 0.15) is 5.82 Å². The summed E-state index contributed by atoms with van der Waals surface area (Å²) in [6.07, 6.45) is 3.41. The Hall–Kier alpha value is -2.15. The van der Waals surface area contributed by atoms with Gasteiger partial charge in [-0.1, -0.05) is 18.2 Å². The Morgan fingerprint density at radius 3 is 2.81 bits per heavy atom. The van der Waals surface area contributed by atoms with Gasteiger partial charge in [-0.15, -0.1) is 0 Å². The second-order valence-electron chi connectivity index (χ2n) is 7.11. The van der Waals surface area contributed by atoms with Crippen molar-refractivity contribution in [1.82, 2.24) is 9.97 Å². The standard InChI is InChI=1S/C19H24N4O2S/c1-3-22(16-9-11-26(24,25)13-16)18-8-10-20-19(21-18)23-14(2)12-15-6-4-5-7-17(15)23/h4-8,10,14,16H,3,9,11-13H2,1-2H3. The van der Waals surface area contributed by atoms with Crippen molar-refractivity contribution in [2.45, 2.75) is 38.8 Å². The number of hydrogen-bond acceptors (Lipinski definition) is 6. The molecule has 2 unspecified atom stereocenters. The van der Waals surface area contributed by atoms with Crippen LogP contribution in [-0.4, -0.2) is 48.5 Å². The number of fused-ring (bicyclic) bond motifs is 1. The van der Waals surface area contributed by atoms with E-state index in [0.717, 1.165) is 24.5 Å². The minimum Gasteiger partial charge on any atom is -0.353 e. The number of para-hydroxylation sites is 1. The molecule has 0 amide bonds. The molecular weight excluding hydrogens is 348 g/mol. The van der Waals surface area contributed by atoms with Crippen LogP contribution in [0.15, 0.2) is 36.5 Å². The van der Waals surface area contributed by atoms with E-state index >= 15 is 0 Å². The molecule has 2 atom stereocenters. The van der Waals surface area contributed by atoms with Crippen LogP contribution in [0.2, 0.25) is 0 Å². The first-order valence-corrected chi connectivity index (χ1v) is 11.0. The average Bonchev–Trinajstić information content (AvgIpc) is 3.14. The molecule has 0 bridgehead atoms. The highest BCUT2D eigenvalue weighted by Gasteiger charge is 2.33. The van der Waals surface area contributed by atoms with Crippen molar-refractivity contribution < 1.29 is 8.42 Å². The number of nitrogens with zero attached hydrogens (tertiary/aromatic N) is 4. The van der Waals surface area contributed by atoms with Crippen molar-refractivity contribution in [3.63, 3.8) is 0 Å². The summed E-state index contributed by atoms with van der Waals surface area (Å²) in [5, 5.41) is 0. The van der Waals surface area contributed by atoms with Gasteiger partial charge in [0.15, 0.2) is 9.84 Å². The van der Waals surface area contributed by atoms with E-state index in [9.17, 15) is 8.42 Å². The van der Waals surface area contributed by atoms with Gasteiger partial charge in [0.2, 0.25) is 5.95 Å². The van der Waals surface area contributed by atoms with Crippen LogP contribution in [0.5, 0.6) is 0 Å². The summed E-state index contributed by atoms with van der Waals surface area (Å²) < 4.78 is 23.8. The van der Waals surface area contributed by atoms with E-state index in [1.165, 1.54) is 5.56 Å². The van der Waals surface area contributed by atoms with Crippen LogP contribution in [0.3, 0.4) is 0 Å². The van der Waals surface area contributed by atoms with Crippen LogP contribution in [0, 0.1) is 0 Å². The molecule has 0 radical (unpaired) electrons. The first-order chi connectivity index (χ1) is 12.5. The van der Waals surface area contributed by atoms with Crippen LogP contribution >= 0.6 is 0 Å². The van der Waals surface area contributed by atoms with Gasteiger partial charge in [0.05, 0.1) is 11.5 Å². The van der Waals surface area contributed by atoms with Gasteiger partial charge >= 0.3 is 0 Å². The smallest absolute Gasteiger partial charge is 0.232 e. The highest BCUT2D eigenvalue weighted by molar-refractivity contribution is 7.91. The van der Waals surface area contributed by atoms with Gasteiger partial charge in [-0.25, -0.2) is 13.4 Å². The molecule has 1 fully saturated rings.